The molecular formula is C12H9BrClFN2O2S. The summed E-state index contributed by atoms with van der Waals surface area (Å²) in [5.74, 6) is -0.766. The molecule has 8 heteroatoms. The third-order valence-corrected chi connectivity index (χ3v) is 4.81. The fraction of sp³-hybridized carbons (Fsp3) is 0. The predicted molar refractivity (Wildman–Crippen MR) is 80.8 cm³/mol. The first kappa shape index (κ1) is 15.1. The molecule has 0 aliphatic carbocycles. The van der Waals surface area contributed by atoms with Gasteiger partial charge >= 0.3 is 0 Å². The summed E-state index contributed by atoms with van der Waals surface area (Å²) in [6.45, 7) is 0. The second-order valence-electron chi connectivity index (χ2n) is 3.92. The van der Waals surface area contributed by atoms with Crippen molar-refractivity contribution in [3.05, 3.63) is 51.7 Å². The van der Waals surface area contributed by atoms with Gasteiger partial charge in [-0.1, -0.05) is 27.5 Å². The molecule has 0 aromatic heterocycles. The Bertz CT molecular complexity index is 751. The molecule has 0 aliphatic rings. The molecule has 0 amide bonds. The Morgan fingerprint density at radius 3 is 2.40 bits per heavy atom. The van der Waals surface area contributed by atoms with E-state index in [1.54, 1.807) is 24.3 Å². The van der Waals surface area contributed by atoms with E-state index in [2.05, 4.69) is 20.7 Å². The zero-order valence-electron chi connectivity index (χ0n) is 9.90. The average molecular weight is 380 g/mol. The summed E-state index contributed by atoms with van der Waals surface area (Å²) >= 11 is 9.00. The van der Waals surface area contributed by atoms with Crippen molar-refractivity contribution in [3.8, 4) is 0 Å². The zero-order valence-corrected chi connectivity index (χ0v) is 13.1. The molecule has 2 aromatic carbocycles. The fourth-order valence-electron chi connectivity index (χ4n) is 1.48. The molecule has 0 radical (unpaired) electrons. The highest BCUT2D eigenvalue weighted by molar-refractivity contribution is 9.10. The van der Waals surface area contributed by atoms with Gasteiger partial charge < -0.3 is 5.73 Å². The number of halogens is 3. The van der Waals surface area contributed by atoms with Gasteiger partial charge in [0.15, 0.2) is 0 Å². The third-order valence-electron chi connectivity index (χ3n) is 2.44. The van der Waals surface area contributed by atoms with Crippen LogP contribution in [-0.4, -0.2) is 8.42 Å². The summed E-state index contributed by atoms with van der Waals surface area (Å²) in [4.78, 5) is -0.277. The van der Waals surface area contributed by atoms with E-state index in [9.17, 15) is 12.8 Å². The Morgan fingerprint density at radius 2 is 1.80 bits per heavy atom. The molecule has 0 atom stereocenters. The zero-order chi connectivity index (χ0) is 14.9. The number of hydrogen-bond acceptors (Lipinski definition) is 3. The summed E-state index contributed by atoms with van der Waals surface area (Å²) in [7, 11) is -3.94. The first-order valence-electron chi connectivity index (χ1n) is 5.32. The number of rotatable bonds is 3. The van der Waals surface area contributed by atoms with E-state index >= 15 is 0 Å². The summed E-state index contributed by atoms with van der Waals surface area (Å²) in [5, 5.41) is -0.235. The lowest BCUT2D eigenvalue weighted by Crippen LogP contribution is -2.14. The summed E-state index contributed by atoms with van der Waals surface area (Å²) in [6.07, 6.45) is 0. The highest BCUT2D eigenvalue weighted by Crippen LogP contribution is 2.28. The van der Waals surface area contributed by atoms with Crippen molar-refractivity contribution in [2.24, 2.45) is 0 Å². The molecule has 2 rings (SSSR count). The second-order valence-corrected chi connectivity index (χ2v) is 6.89. The Labute approximate surface area is 128 Å². The highest BCUT2D eigenvalue weighted by Gasteiger charge is 2.20. The van der Waals surface area contributed by atoms with Gasteiger partial charge in [-0.15, -0.1) is 0 Å². The normalized spacial score (nSPS) is 11.3. The van der Waals surface area contributed by atoms with Crippen LogP contribution in [0.3, 0.4) is 0 Å². The van der Waals surface area contributed by atoms with E-state index in [-0.39, 0.29) is 15.6 Å². The lowest BCUT2D eigenvalue weighted by molar-refractivity contribution is 0.600. The Balaban J connectivity index is 2.40. The van der Waals surface area contributed by atoms with Gasteiger partial charge in [0.25, 0.3) is 10.0 Å². The van der Waals surface area contributed by atoms with Crippen molar-refractivity contribution < 1.29 is 12.8 Å². The maximum Gasteiger partial charge on any atom is 0.263 e. The lowest BCUT2D eigenvalue weighted by Gasteiger charge is -2.10. The molecule has 4 nitrogen and oxygen atoms in total. The molecule has 0 unspecified atom stereocenters. The van der Waals surface area contributed by atoms with E-state index in [1.807, 2.05) is 0 Å². The number of sulfonamides is 1. The number of nitrogen functional groups attached to an aromatic ring is 1. The first-order valence-corrected chi connectivity index (χ1v) is 7.98. The van der Waals surface area contributed by atoms with Gasteiger partial charge in [-0.05, 0) is 36.4 Å². The van der Waals surface area contributed by atoms with Gasteiger partial charge in [-0.3, -0.25) is 4.72 Å². The summed E-state index contributed by atoms with van der Waals surface area (Å²) in [5.41, 5.74) is 5.43. The van der Waals surface area contributed by atoms with Crippen molar-refractivity contribution in [2.45, 2.75) is 4.90 Å². The SMILES string of the molecule is Nc1cc(S(=O)(=O)Nc2ccc(Br)cc2)c(Cl)cc1F. The molecule has 0 saturated heterocycles. The van der Waals surface area contributed by atoms with Gasteiger partial charge in [0.2, 0.25) is 0 Å². The maximum atomic E-state index is 13.2. The van der Waals surface area contributed by atoms with Crippen molar-refractivity contribution in [1.29, 1.82) is 0 Å². The van der Waals surface area contributed by atoms with Gasteiger partial charge in [0.1, 0.15) is 10.7 Å². The average Bonchev–Trinajstić information content (AvgIpc) is 2.36. The van der Waals surface area contributed by atoms with Crippen LogP contribution in [0.5, 0.6) is 0 Å². The van der Waals surface area contributed by atoms with Gasteiger partial charge in [-0.25, -0.2) is 12.8 Å². The Morgan fingerprint density at radius 1 is 1.20 bits per heavy atom. The van der Waals surface area contributed by atoms with Crippen LogP contribution in [0.4, 0.5) is 15.8 Å². The molecule has 0 saturated carbocycles. The molecule has 0 bridgehead atoms. The number of nitrogens with one attached hydrogen (secondary N) is 1. The van der Waals surface area contributed by atoms with Crippen molar-refractivity contribution in [2.75, 3.05) is 10.5 Å². The minimum absolute atomic E-state index is 0.235. The minimum atomic E-state index is -3.94. The van der Waals surface area contributed by atoms with Gasteiger partial charge in [-0.2, -0.15) is 0 Å². The third kappa shape index (κ3) is 3.23. The lowest BCUT2D eigenvalue weighted by atomic mass is 10.3. The monoisotopic (exact) mass is 378 g/mol. The van der Waals surface area contributed by atoms with Crippen LogP contribution in [0.1, 0.15) is 0 Å². The van der Waals surface area contributed by atoms with Gasteiger partial charge in [0.05, 0.1) is 10.7 Å². The smallest absolute Gasteiger partial charge is 0.263 e. The molecule has 0 fully saturated rings. The van der Waals surface area contributed by atoms with Crippen LogP contribution < -0.4 is 10.5 Å². The maximum absolute atomic E-state index is 13.2. The molecule has 0 aliphatic heterocycles. The second kappa shape index (κ2) is 5.59. The van der Waals surface area contributed by atoms with Crippen molar-refractivity contribution in [3.63, 3.8) is 0 Å². The van der Waals surface area contributed by atoms with Crippen LogP contribution in [0.25, 0.3) is 0 Å². The van der Waals surface area contributed by atoms with Gasteiger partial charge in [0, 0.05) is 10.2 Å². The predicted octanol–water partition coefficient (Wildman–Crippen LogP) is 3.62. The summed E-state index contributed by atoms with van der Waals surface area (Å²) < 4.78 is 40.7. The molecular weight excluding hydrogens is 371 g/mol. The van der Waals surface area contributed by atoms with E-state index in [0.717, 1.165) is 16.6 Å². The van der Waals surface area contributed by atoms with E-state index in [4.69, 9.17) is 17.3 Å². The summed E-state index contributed by atoms with van der Waals surface area (Å²) in [6, 6.07) is 8.35. The largest absolute Gasteiger partial charge is 0.396 e. The molecule has 3 N–H and O–H groups in total. The Hall–Kier alpha value is -1.31. The van der Waals surface area contributed by atoms with E-state index < -0.39 is 15.8 Å². The highest BCUT2D eigenvalue weighted by atomic mass is 79.9. The molecule has 20 heavy (non-hydrogen) atoms. The number of nitrogens with two attached hydrogens (primary N) is 1. The number of hydrogen-bond donors (Lipinski definition) is 2. The fourth-order valence-corrected chi connectivity index (χ4v) is 3.35. The Kier molecular flexibility index (Phi) is 4.22. The van der Waals surface area contributed by atoms with Crippen LogP contribution in [0, 0.1) is 5.82 Å². The van der Waals surface area contributed by atoms with Crippen LogP contribution in [0.15, 0.2) is 45.8 Å². The quantitative estimate of drug-likeness (QED) is 0.800. The van der Waals surface area contributed by atoms with E-state index in [0.29, 0.717) is 5.69 Å². The first-order chi connectivity index (χ1) is 9.29. The standard InChI is InChI=1S/C12H9BrClFN2O2S/c13-7-1-3-8(4-2-7)17-20(18,19)12-6-11(16)10(15)5-9(12)14/h1-6,17H,16H2. The van der Waals surface area contributed by atoms with E-state index in [1.165, 1.54) is 0 Å². The number of benzene rings is 2. The minimum Gasteiger partial charge on any atom is -0.396 e. The molecule has 2 aromatic rings. The van der Waals surface area contributed by atoms with Crippen LogP contribution >= 0.6 is 27.5 Å². The number of anilines is 2. The van der Waals surface area contributed by atoms with Crippen molar-refractivity contribution >= 4 is 48.9 Å². The van der Waals surface area contributed by atoms with Crippen LogP contribution in [0.2, 0.25) is 5.02 Å². The van der Waals surface area contributed by atoms with Crippen LogP contribution in [-0.2, 0) is 10.0 Å². The molecule has 0 spiro atoms. The molecule has 106 valence electrons. The molecule has 0 heterocycles. The topological polar surface area (TPSA) is 72.2 Å². The van der Waals surface area contributed by atoms with Crippen molar-refractivity contribution in [1.82, 2.24) is 0 Å².